The molecule has 23 heavy (non-hydrogen) atoms. The van der Waals surface area contributed by atoms with Crippen LogP contribution in [-0.4, -0.2) is 20.1 Å². The SMILES string of the molecule is Cc1nsc(C)c1NC(=O)c1nn(C)c2ccc(Cl)cc2c1=O. The molecule has 0 aliphatic rings. The highest BCUT2D eigenvalue weighted by Crippen LogP contribution is 2.23. The first-order valence-corrected chi connectivity index (χ1v) is 7.94. The molecule has 1 amide bonds. The lowest BCUT2D eigenvalue weighted by Crippen LogP contribution is -2.26. The van der Waals surface area contributed by atoms with Crippen molar-refractivity contribution in [1.82, 2.24) is 14.2 Å². The lowest BCUT2D eigenvalue weighted by molar-refractivity contribution is 0.101. The van der Waals surface area contributed by atoms with E-state index in [4.69, 9.17) is 11.6 Å². The second-order valence-corrected chi connectivity index (χ2v) is 6.53. The summed E-state index contributed by atoms with van der Waals surface area (Å²) < 4.78 is 5.66. The molecule has 0 aliphatic carbocycles. The number of nitrogens with zero attached hydrogens (tertiary/aromatic N) is 3. The summed E-state index contributed by atoms with van der Waals surface area (Å²) >= 11 is 7.25. The van der Waals surface area contributed by atoms with Crippen LogP contribution in [0.5, 0.6) is 0 Å². The summed E-state index contributed by atoms with van der Waals surface area (Å²) in [5.74, 6) is -0.557. The molecule has 0 unspecified atom stereocenters. The Morgan fingerprint density at radius 1 is 1.35 bits per heavy atom. The van der Waals surface area contributed by atoms with Gasteiger partial charge in [0.1, 0.15) is 0 Å². The maximum absolute atomic E-state index is 12.6. The van der Waals surface area contributed by atoms with Crippen molar-refractivity contribution >= 4 is 45.6 Å². The molecule has 6 nitrogen and oxygen atoms in total. The summed E-state index contributed by atoms with van der Waals surface area (Å²) in [6.07, 6.45) is 0. The van der Waals surface area contributed by atoms with Gasteiger partial charge in [0.05, 0.1) is 22.3 Å². The molecule has 0 radical (unpaired) electrons. The molecule has 0 bridgehead atoms. The first kappa shape index (κ1) is 15.6. The van der Waals surface area contributed by atoms with Crippen molar-refractivity contribution in [3.05, 3.63) is 49.7 Å². The molecule has 2 aromatic heterocycles. The van der Waals surface area contributed by atoms with Crippen molar-refractivity contribution in [2.45, 2.75) is 13.8 Å². The lowest BCUT2D eigenvalue weighted by Gasteiger charge is -2.09. The van der Waals surface area contributed by atoms with E-state index in [0.29, 0.717) is 27.3 Å². The van der Waals surface area contributed by atoms with Gasteiger partial charge in [-0.2, -0.15) is 9.47 Å². The number of carbonyl (C=O) groups excluding carboxylic acids is 1. The minimum Gasteiger partial charge on any atom is -0.318 e. The fraction of sp³-hybridized carbons (Fsp3) is 0.200. The van der Waals surface area contributed by atoms with Crippen LogP contribution in [-0.2, 0) is 7.05 Å². The average molecular weight is 349 g/mol. The molecule has 3 aromatic rings. The molecule has 0 atom stereocenters. The average Bonchev–Trinajstić information content (AvgIpc) is 2.82. The van der Waals surface area contributed by atoms with Crippen molar-refractivity contribution in [2.75, 3.05) is 5.32 Å². The highest BCUT2D eigenvalue weighted by Gasteiger charge is 2.19. The van der Waals surface area contributed by atoms with Crippen molar-refractivity contribution in [2.24, 2.45) is 7.05 Å². The topological polar surface area (TPSA) is 76.9 Å². The summed E-state index contributed by atoms with van der Waals surface area (Å²) in [6, 6.07) is 4.92. The normalized spacial score (nSPS) is 11.0. The van der Waals surface area contributed by atoms with E-state index >= 15 is 0 Å². The Labute approximate surface area is 140 Å². The molecule has 118 valence electrons. The van der Waals surface area contributed by atoms with Crippen LogP contribution >= 0.6 is 23.1 Å². The van der Waals surface area contributed by atoms with Gasteiger partial charge in [0.25, 0.3) is 5.91 Å². The van der Waals surface area contributed by atoms with Gasteiger partial charge in [0.15, 0.2) is 5.69 Å². The fourth-order valence-corrected chi connectivity index (χ4v) is 3.16. The highest BCUT2D eigenvalue weighted by atomic mass is 35.5. The van der Waals surface area contributed by atoms with Crippen LogP contribution in [0.15, 0.2) is 23.0 Å². The molecule has 8 heteroatoms. The van der Waals surface area contributed by atoms with Crippen LogP contribution in [0, 0.1) is 13.8 Å². The minimum atomic E-state index is -0.557. The Bertz CT molecular complexity index is 974. The van der Waals surface area contributed by atoms with Crippen molar-refractivity contribution in [1.29, 1.82) is 0 Å². The number of hydrogen-bond acceptors (Lipinski definition) is 5. The summed E-state index contributed by atoms with van der Waals surface area (Å²) in [6.45, 7) is 3.65. The molecule has 2 heterocycles. The number of amides is 1. The summed E-state index contributed by atoms with van der Waals surface area (Å²) in [4.78, 5) is 25.9. The van der Waals surface area contributed by atoms with E-state index in [9.17, 15) is 9.59 Å². The van der Waals surface area contributed by atoms with Gasteiger partial charge in [0.2, 0.25) is 5.43 Å². The maximum Gasteiger partial charge on any atom is 0.280 e. The van der Waals surface area contributed by atoms with Crippen LogP contribution in [0.3, 0.4) is 0 Å². The van der Waals surface area contributed by atoms with Crippen LogP contribution in [0.2, 0.25) is 5.02 Å². The summed E-state index contributed by atoms with van der Waals surface area (Å²) in [5, 5.41) is 7.61. The second-order valence-electron chi connectivity index (χ2n) is 5.12. The lowest BCUT2D eigenvalue weighted by atomic mass is 10.2. The number of fused-ring (bicyclic) bond motifs is 1. The molecule has 0 fully saturated rings. The smallest absolute Gasteiger partial charge is 0.280 e. The van der Waals surface area contributed by atoms with Crippen molar-refractivity contribution in [3.8, 4) is 0 Å². The number of hydrogen-bond donors (Lipinski definition) is 1. The molecule has 1 N–H and O–H groups in total. The van der Waals surface area contributed by atoms with Gasteiger partial charge in [-0.05, 0) is 43.6 Å². The molecular weight excluding hydrogens is 336 g/mol. The molecule has 0 saturated carbocycles. The van der Waals surface area contributed by atoms with Gasteiger partial charge in [-0.25, -0.2) is 0 Å². The fourth-order valence-electron chi connectivity index (χ4n) is 2.33. The Hall–Kier alpha value is -2.25. The number of anilines is 1. The van der Waals surface area contributed by atoms with Gasteiger partial charge in [-0.15, -0.1) is 0 Å². The van der Waals surface area contributed by atoms with Gasteiger partial charge in [-0.3, -0.25) is 14.3 Å². The van der Waals surface area contributed by atoms with Crippen LogP contribution in [0.25, 0.3) is 10.9 Å². The predicted octanol–water partition coefficient (Wildman–Crippen LogP) is 2.91. The number of halogens is 1. The monoisotopic (exact) mass is 348 g/mol. The molecule has 0 spiro atoms. The molecule has 0 aliphatic heterocycles. The zero-order valence-electron chi connectivity index (χ0n) is 12.7. The van der Waals surface area contributed by atoms with E-state index in [1.807, 2.05) is 6.92 Å². The first-order chi connectivity index (χ1) is 10.9. The summed E-state index contributed by atoms with van der Waals surface area (Å²) in [7, 11) is 1.68. The maximum atomic E-state index is 12.6. The Morgan fingerprint density at radius 3 is 2.74 bits per heavy atom. The number of aromatic nitrogens is 3. The summed E-state index contributed by atoms with van der Waals surface area (Å²) in [5.41, 5.74) is 1.32. The Morgan fingerprint density at radius 2 is 2.09 bits per heavy atom. The highest BCUT2D eigenvalue weighted by molar-refractivity contribution is 7.06. The Kier molecular flexibility index (Phi) is 3.91. The zero-order chi connectivity index (χ0) is 16.7. The van der Waals surface area contributed by atoms with Gasteiger partial charge in [-0.1, -0.05) is 11.6 Å². The van der Waals surface area contributed by atoms with Crippen molar-refractivity contribution < 1.29 is 4.79 Å². The van der Waals surface area contributed by atoms with E-state index in [-0.39, 0.29) is 5.69 Å². The van der Waals surface area contributed by atoms with E-state index in [0.717, 1.165) is 4.88 Å². The second kappa shape index (κ2) is 5.75. The van der Waals surface area contributed by atoms with E-state index in [1.165, 1.54) is 16.2 Å². The first-order valence-electron chi connectivity index (χ1n) is 6.79. The Balaban J connectivity index is 2.11. The van der Waals surface area contributed by atoms with Crippen LogP contribution in [0.4, 0.5) is 5.69 Å². The number of nitrogens with one attached hydrogen (secondary N) is 1. The number of aryl methyl sites for hydroxylation is 3. The zero-order valence-corrected chi connectivity index (χ0v) is 14.2. The molecule has 0 saturated heterocycles. The standard InChI is InChI=1S/C15H13ClN4O2S/c1-7-12(8(2)23-19-7)17-15(22)13-14(21)10-6-9(16)4-5-11(10)20(3)18-13/h4-6H,1-3H3,(H,17,22). The molecule has 1 aromatic carbocycles. The van der Waals surface area contributed by atoms with Gasteiger partial charge < -0.3 is 5.32 Å². The third-order valence-corrected chi connectivity index (χ3v) is 4.58. The number of benzene rings is 1. The van der Waals surface area contributed by atoms with Gasteiger partial charge >= 0.3 is 0 Å². The van der Waals surface area contributed by atoms with Crippen LogP contribution in [0.1, 0.15) is 21.1 Å². The molecular formula is C15H13ClN4O2S. The van der Waals surface area contributed by atoms with Crippen LogP contribution < -0.4 is 10.7 Å². The van der Waals surface area contributed by atoms with E-state index in [2.05, 4.69) is 14.8 Å². The number of carbonyl (C=O) groups is 1. The third-order valence-electron chi connectivity index (χ3n) is 3.50. The van der Waals surface area contributed by atoms with E-state index < -0.39 is 11.3 Å². The minimum absolute atomic E-state index is 0.174. The van der Waals surface area contributed by atoms with Gasteiger partial charge in [0, 0.05) is 16.9 Å². The quantitative estimate of drug-likeness (QED) is 0.772. The van der Waals surface area contributed by atoms with Crippen molar-refractivity contribution in [3.63, 3.8) is 0 Å². The molecule has 3 rings (SSSR count). The van der Waals surface area contributed by atoms with E-state index in [1.54, 1.807) is 32.2 Å². The number of rotatable bonds is 2. The predicted molar refractivity (Wildman–Crippen MR) is 91.5 cm³/mol. The largest absolute Gasteiger partial charge is 0.318 e. The third kappa shape index (κ3) is 2.73.